The summed E-state index contributed by atoms with van der Waals surface area (Å²) in [4.78, 5) is 31.6. The van der Waals surface area contributed by atoms with Gasteiger partial charge in [-0.2, -0.15) is 0 Å². The number of H-pyrrole nitrogens is 1. The third-order valence-corrected chi connectivity index (χ3v) is 5.43. The van der Waals surface area contributed by atoms with Gasteiger partial charge in [-0.15, -0.1) is 11.3 Å². The van der Waals surface area contributed by atoms with E-state index in [0.717, 1.165) is 10.4 Å². The van der Waals surface area contributed by atoms with Gasteiger partial charge in [-0.05, 0) is 23.3 Å². The van der Waals surface area contributed by atoms with Crippen LogP contribution in [0.3, 0.4) is 0 Å². The van der Waals surface area contributed by atoms with E-state index in [9.17, 15) is 14.9 Å². The SMILES string of the molecule is O=c1[nH]c(/C(Cl)=C/c2cccc([N+](=O)[O-])c2)nc2sc(-c3ccccc3)cc12. The van der Waals surface area contributed by atoms with Crippen LogP contribution < -0.4 is 5.56 Å². The molecule has 2 heterocycles. The lowest BCUT2D eigenvalue weighted by atomic mass is 10.2. The summed E-state index contributed by atoms with van der Waals surface area (Å²) in [5, 5.41) is 11.6. The van der Waals surface area contributed by atoms with Crippen LogP contribution in [0.15, 0.2) is 65.5 Å². The number of benzene rings is 2. The third-order valence-electron chi connectivity index (χ3n) is 4.06. The van der Waals surface area contributed by atoms with Crippen molar-refractivity contribution in [1.82, 2.24) is 9.97 Å². The van der Waals surface area contributed by atoms with Gasteiger partial charge < -0.3 is 4.98 Å². The molecule has 0 aliphatic carbocycles. The molecule has 6 nitrogen and oxygen atoms in total. The maximum atomic E-state index is 12.5. The number of aromatic amines is 1. The Morgan fingerprint density at radius 2 is 1.93 bits per heavy atom. The zero-order chi connectivity index (χ0) is 19.7. The van der Waals surface area contributed by atoms with E-state index in [0.29, 0.717) is 15.8 Å². The predicted molar refractivity (Wildman–Crippen MR) is 112 cm³/mol. The fraction of sp³-hybridized carbons (Fsp3) is 0. The van der Waals surface area contributed by atoms with Crippen LogP contribution in [0.1, 0.15) is 11.4 Å². The molecule has 0 radical (unpaired) electrons. The lowest BCUT2D eigenvalue weighted by molar-refractivity contribution is -0.384. The topological polar surface area (TPSA) is 88.9 Å². The van der Waals surface area contributed by atoms with Gasteiger partial charge in [0.2, 0.25) is 0 Å². The van der Waals surface area contributed by atoms with Gasteiger partial charge in [0.1, 0.15) is 4.83 Å². The number of nitrogens with one attached hydrogen (secondary N) is 1. The molecule has 0 amide bonds. The molecule has 4 rings (SSSR count). The standard InChI is InChI=1S/C20H12ClN3O3S/c21-16(10-12-5-4-8-14(9-12)24(26)27)18-22-19(25)15-11-17(28-20(15)23-18)13-6-2-1-3-7-13/h1-11H,(H,22,23,25)/b16-10-. The van der Waals surface area contributed by atoms with Crippen LogP contribution in [0.5, 0.6) is 0 Å². The number of aromatic nitrogens is 2. The lowest BCUT2D eigenvalue weighted by Gasteiger charge is -2.00. The van der Waals surface area contributed by atoms with Gasteiger partial charge in [-0.25, -0.2) is 4.98 Å². The van der Waals surface area contributed by atoms with Gasteiger partial charge in [0.05, 0.1) is 15.3 Å². The summed E-state index contributed by atoms with van der Waals surface area (Å²) < 4.78 is 0. The van der Waals surface area contributed by atoms with Crippen molar-refractivity contribution in [2.45, 2.75) is 0 Å². The second-order valence-corrected chi connectivity index (χ2v) is 7.39. The van der Waals surface area contributed by atoms with Crippen LogP contribution in [0.2, 0.25) is 0 Å². The molecule has 1 N–H and O–H groups in total. The van der Waals surface area contributed by atoms with Gasteiger partial charge in [0.25, 0.3) is 11.2 Å². The Morgan fingerprint density at radius 1 is 1.14 bits per heavy atom. The zero-order valence-electron chi connectivity index (χ0n) is 14.3. The predicted octanol–water partition coefficient (Wildman–Crippen LogP) is 5.30. The second kappa shape index (κ2) is 7.38. The van der Waals surface area contributed by atoms with E-state index in [-0.39, 0.29) is 22.1 Å². The molecule has 0 aliphatic rings. The quantitative estimate of drug-likeness (QED) is 0.366. The highest BCUT2D eigenvalue weighted by molar-refractivity contribution is 7.21. The number of nitro benzene ring substituents is 1. The fourth-order valence-electron chi connectivity index (χ4n) is 2.73. The smallest absolute Gasteiger partial charge is 0.270 e. The van der Waals surface area contributed by atoms with E-state index in [1.54, 1.807) is 12.1 Å². The fourth-order valence-corrected chi connectivity index (χ4v) is 3.99. The van der Waals surface area contributed by atoms with Crippen molar-refractivity contribution in [2.75, 3.05) is 0 Å². The Labute approximate surface area is 167 Å². The summed E-state index contributed by atoms with van der Waals surface area (Å²) in [7, 11) is 0. The maximum absolute atomic E-state index is 12.5. The first-order valence-electron chi connectivity index (χ1n) is 8.22. The number of nitro groups is 1. The molecule has 0 spiro atoms. The second-order valence-electron chi connectivity index (χ2n) is 5.95. The van der Waals surface area contributed by atoms with Crippen molar-refractivity contribution in [2.24, 2.45) is 0 Å². The summed E-state index contributed by atoms with van der Waals surface area (Å²) in [6.07, 6.45) is 1.53. The van der Waals surface area contributed by atoms with Gasteiger partial charge in [-0.1, -0.05) is 54.1 Å². The normalized spacial score (nSPS) is 11.7. The molecule has 2 aromatic heterocycles. The first-order valence-corrected chi connectivity index (χ1v) is 9.42. The van der Waals surface area contributed by atoms with Crippen LogP contribution in [0.4, 0.5) is 5.69 Å². The summed E-state index contributed by atoms with van der Waals surface area (Å²) >= 11 is 7.73. The highest BCUT2D eigenvalue weighted by Crippen LogP contribution is 2.31. The first kappa shape index (κ1) is 18.1. The maximum Gasteiger partial charge on any atom is 0.270 e. The number of non-ortho nitro benzene ring substituents is 1. The molecule has 8 heteroatoms. The Morgan fingerprint density at radius 3 is 2.68 bits per heavy atom. The average molecular weight is 410 g/mol. The molecular formula is C20H12ClN3O3S. The van der Waals surface area contributed by atoms with E-state index >= 15 is 0 Å². The van der Waals surface area contributed by atoms with Crippen LogP contribution in [0.25, 0.3) is 31.8 Å². The van der Waals surface area contributed by atoms with Crippen molar-refractivity contribution < 1.29 is 4.92 Å². The van der Waals surface area contributed by atoms with Crippen molar-refractivity contribution in [3.8, 4) is 10.4 Å². The lowest BCUT2D eigenvalue weighted by Crippen LogP contribution is -2.09. The van der Waals surface area contributed by atoms with Gasteiger partial charge >= 0.3 is 0 Å². The Balaban J connectivity index is 1.76. The molecule has 0 unspecified atom stereocenters. The number of thiophene rings is 1. The summed E-state index contributed by atoms with van der Waals surface area (Å²) in [6, 6.07) is 17.6. The molecule has 2 aromatic carbocycles. The Kier molecular flexibility index (Phi) is 4.77. The number of hydrogen-bond acceptors (Lipinski definition) is 5. The van der Waals surface area contributed by atoms with Crippen molar-refractivity contribution in [1.29, 1.82) is 0 Å². The highest BCUT2D eigenvalue weighted by Gasteiger charge is 2.12. The molecule has 0 aliphatic heterocycles. The summed E-state index contributed by atoms with van der Waals surface area (Å²) in [5.74, 6) is 0.215. The van der Waals surface area contributed by atoms with E-state index in [1.807, 2.05) is 36.4 Å². The number of nitrogens with zero attached hydrogens (tertiary/aromatic N) is 2. The minimum atomic E-state index is -0.478. The monoisotopic (exact) mass is 409 g/mol. The zero-order valence-corrected chi connectivity index (χ0v) is 15.8. The molecule has 28 heavy (non-hydrogen) atoms. The van der Waals surface area contributed by atoms with Gasteiger partial charge in [0, 0.05) is 17.0 Å². The molecule has 0 bridgehead atoms. The van der Waals surface area contributed by atoms with E-state index in [1.165, 1.54) is 29.5 Å². The van der Waals surface area contributed by atoms with Crippen molar-refractivity contribution in [3.05, 3.63) is 92.5 Å². The number of halogens is 1. The van der Waals surface area contributed by atoms with Crippen LogP contribution >= 0.6 is 22.9 Å². The molecule has 0 fully saturated rings. The van der Waals surface area contributed by atoms with Crippen molar-refractivity contribution in [3.63, 3.8) is 0 Å². The molecule has 0 saturated heterocycles. The van der Waals surface area contributed by atoms with E-state index < -0.39 is 4.92 Å². The Hall–Kier alpha value is -3.29. The van der Waals surface area contributed by atoms with Crippen LogP contribution in [-0.2, 0) is 0 Å². The average Bonchev–Trinajstić information content (AvgIpc) is 3.14. The minimum absolute atomic E-state index is 0.0409. The number of hydrogen-bond donors (Lipinski definition) is 1. The highest BCUT2D eigenvalue weighted by atomic mass is 35.5. The molecular weight excluding hydrogens is 398 g/mol. The Bertz CT molecular complexity index is 1280. The molecule has 138 valence electrons. The van der Waals surface area contributed by atoms with E-state index in [4.69, 9.17) is 11.6 Å². The first-order chi connectivity index (χ1) is 13.5. The third kappa shape index (κ3) is 3.58. The van der Waals surface area contributed by atoms with Crippen LogP contribution in [-0.4, -0.2) is 14.9 Å². The molecule has 4 aromatic rings. The van der Waals surface area contributed by atoms with Gasteiger partial charge in [0.15, 0.2) is 5.82 Å². The molecule has 0 saturated carbocycles. The number of rotatable bonds is 4. The number of fused-ring (bicyclic) bond motifs is 1. The minimum Gasteiger partial charge on any atom is -0.305 e. The van der Waals surface area contributed by atoms with Crippen molar-refractivity contribution >= 4 is 50.0 Å². The summed E-state index contributed by atoms with van der Waals surface area (Å²) in [6.45, 7) is 0. The van der Waals surface area contributed by atoms with Crippen LogP contribution in [0, 0.1) is 10.1 Å². The summed E-state index contributed by atoms with van der Waals surface area (Å²) in [5.41, 5.74) is 1.22. The largest absolute Gasteiger partial charge is 0.305 e. The molecule has 0 atom stereocenters. The van der Waals surface area contributed by atoms with E-state index in [2.05, 4.69) is 9.97 Å². The van der Waals surface area contributed by atoms with Gasteiger partial charge in [-0.3, -0.25) is 14.9 Å².